The molecule has 0 aliphatic carbocycles. The number of carboxylic acid groups (broad SMARTS) is 1. The van der Waals surface area contributed by atoms with Crippen LogP contribution in [0.15, 0.2) is 18.6 Å². The summed E-state index contributed by atoms with van der Waals surface area (Å²) in [5.41, 5.74) is 0.00631. The number of nitrogens with one attached hydrogen (secondary N) is 1. The molecule has 0 spiro atoms. The summed E-state index contributed by atoms with van der Waals surface area (Å²) in [6, 6.07) is -1.19. The van der Waals surface area contributed by atoms with Crippen molar-refractivity contribution >= 4 is 17.8 Å². The van der Waals surface area contributed by atoms with Gasteiger partial charge < -0.3 is 15.2 Å². The van der Waals surface area contributed by atoms with Crippen molar-refractivity contribution < 1.29 is 24.2 Å². The van der Waals surface area contributed by atoms with Crippen molar-refractivity contribution in [3.8, 4) is 0 Å². The Morgan fingerprint density at radius 3 is 2.68 bits per heavy atom. The number of amides is 1. The molecular weight excluding hydrogens is 254 g/mol. The summed E-state index contributed by atoms with van der Waals surface area (Å²) in [7, 11) is 1.20. The van der Waals surface area contributed by atoms with Gasteiger partial charge >= 0.3 is 11.9 Å². The maximum atomic E-state index is 11.7. The lowest BCUT2D eigenvalue weighted by Gasteiger charge is -2.13. The molecule has 19 heavy (non-hydrogen) atoms. The molecule has 1 heterocycles. The number of ether oxygens (including phenoxy) is 1. The Kier molecular flexibility index (Phi) is 5.39. The van der Waals surface area contributed by atoms with E-state index in [2.05, 4.69) is 20.0 Å². The van der Waals surface area contributed by atoms with Crippen LogP contribution in [0.25, 0.3) is 0 Å². The molecule has 1 aromatic rings. The first kappa shape index (κ1) is 14.6. The molecule has 0 saturated carbocycles. The lowest BCUT2D eigenvalue weighted by Crippen LogP contribution is -2.41. The van der Waals surface area contributed by atoms with E-state index in [9.17, 15) is 14.4 Å². The summed E-state index contributed by atoms with van der Waals surface area (Å²) >= 11 is 0. The zero-order valence-electron chi connectivity index (χ0n) is 10.2. The van der Waals surface area contributed by atoms with Gasteiger partial charge in [0.05, 0.1) is 13.3 Å². The van der Waals surface area contributed by atoms with Gasteiger partial charge in [0, 0.05) is 18.8 Å². The molecule has 8 heteroatoms. The Balaban J connectivity index is 2.61. The van der Waals surface area contributed by atoms with Crippen LogP contribution in [0.5, 0.6) is 0 Å². The summed E-state index contributed by atoms with van der Waals surface area (Å²) in [5, 5.41) is 11.2. The second kappa shape index (κ2) is 7.04. The Bertz CT molecular complexity index is 463. The van der Waals surface area contributed by atoms with Gasteiger partial charge in [-0.25, -0.2) is 9.78 Å². The van der Waals surface area contributed by atoms with Crippen molar-refractivity contribution in [3.05, 3.63) is 24.3 Å². The van der Waals surface area contributed by atoms with Crippen molar-refractivity contribution in [1.29, 1.82) is 0 Å². The van der Waals surface area contributed by atoms with Gasteiger partial charge in [-0.3, -0.25) is 14.6 Å². The normalized spacial score (nSPS) is 11.4. The van der Waals surface area contributed by atoms with Crippen LogP contribution >= 0.6 is 0 Å². The minimum absolute atomic E-state index is 0.00631. The number of aliphatic carboxylic acids is 1. The fraction of sp³-hybridized carbons (Fsp3) is 0.364. The van der Waals surface area contributed by atoms with Crippen LogP contribution in [0.4, 0.5) is 0 Å². The molecule has 1 rings (SSSR count). The second-order valence-electron chi connectivity index (χ2n) is 3.57. The van der Waals surface area contributed by atoms with E-state index in [1.165, 1.54) is 25.7 Å². The fourth-order valence-corrected chi connectivity index (χ4v) is 1.27. The minimum atomic E-state index is -1.24. The number of aromatic nitrogens is 2. The van der Waals surface area contributed by atoms with E-state index < -0.39 is 23.9 Å². The SMILES string of the molecule is COC(=O)CCC(NC(=O)c1cnccn1)C(=O)O. The maximum Gasteiger partial charge on any atom is 0.326 e. The van der Waals surface area contributed by atoms with Crippen LogP contribution < -0.4 is 5.32 Å². The van der Waals surface area contributed by atoms with E-state index in [0.717, 1.165) is 0 Å². The number of hydrogen-bond donors (Lipinski definition) is 2. The summed E-state index contributed by atoms with van der Waals surface area (Å²) in [4.78, 5) is 41.0. The fourth-order valence-electron chi connectivity index (χ4n) is 1.27. The molecule has 2 N–H and O–H groups in total. The molecule has 0 saturated heterocycles. The van der Waals surface area contributed by atoms with E-state index in [1.807, 2.05) is 0 Å². The average Bonchev–Trinajstić information content (AvgIpc) is 2.43. The summed E-state index contributed by atoms with van der Waals surface area (Å²) < 4.78 is 4.40. The molecule has 1 amide bonds. The number of carboxylic acids is 1. The number of rotatable bonds is 6. The molecule has 1 aromatic heterocycles. The molecule has 1 unspecified atom stereocenters. The third-order valence-electron chi connectivity index (χ3n) is 2.26. The molecule has 0 aliphatic heterocycles. The summed E-state index contributed by atoms with van der Waals surface area (Å²) in [6.45, 7) is 0. The van der Waals surface area contributed by atoms with Crippen LogP contribution in [0.2, 0.25) is 0 Å². The van der Waals surface area contributed by atoms with E-state index in [1.54, 1.807) is 0 Å². The number of methoxy groups -OCH3 is 1. The lowest BCUT2D eigenvalue weighted by molar-refractivity contribution is -0.142. The highest BCUT2D eigenvalue weighted by Crippen LogP contribution is 2.01. The molecule has 0 aromatic carbocycles. The first-order valence-electron chi connectivity index (χ1n) is 5.41. The topological polar surface area (TPSA) is 118 Å². The predicted octanol–water partition coefficient (Wildman–Crippen LogP) is -0.387. The average molecular weight is 267 g/mol. The highest BCUT2D eigenvalue weighted by Gasteiger charge is 2.22. The first-order chi connectivity index (χ1) is 9.04. The zero-order chi connectivity index (χ0) is 14.3. The van der Waals surface area contributed by atoms with Crippen LogP contribution in [0.1, 0.15) is 23.3 Å². The summed E-state index contributed by atoms with van der Waals surface area (Å²) in [5.74, 6) is -2.44. The van der Waals surface area contributed by atoms with Crippen LogP contribution in [-0.4, -0.2) is 46.1 Å². The quantitative estimate of drug-likeness (QED) is 0.674. The Morgan fingerprint density at radius 2 is 2.16 bits per heavy atom. The molecule has 0 fully saturated rings. The monoisotopic (exact) mass is 267 g/mol. The summed E-state index contributed by atoms with van der Waals surface area (Å²) in [6.07, 6.45) is 3.76. The first-order valence-corrected chi connectivity index (χ1v) is 5.41. The lowest BCUT2D eigenvalue weighted by atomic mass is 10.1. The van der Waals surface area contributed by atoms with E-state index in [-0.39, 0.29) is 18.5 Å². The van der Waals surface area contributed by atoms with Gasteiger partial charge in [0.1, 0.15) is 11.7 Å². The highest BCUT2D eigenvalue weighted by atomic mass is 16.5. The third kappa shape index (κ3) is 4.70. The van der Waals surface area contributed by atoms with Gasteiger partial charge in [0.25, 0.3) is 5.91 Å². The Morgan fingerprint density at radius 1 is 1.42 bits per heavy atom. The molecule has 0 radical (unpaired) electrons. The molecule has 0 aliphatic rings. The van der Waals surface area contributed by atoms with E-state index >= 15 is 0 Å². The Hall–Kier alpha value is -2.51. The third-order valence-corrected chi connectivity index (χ3v) is 2.26. The standard InChI is InChI=1S/C11H13N3O5/c1-19-9(15)3-2-7(11(17)18)14-10(16)8-6-12-4-5-13-8/h4-7H,2-3H2,1H3,(H,14,16)(H,17,18). The van der Waals surface area contributed by atoms with E-state index in [0.29, 0.717) is 0 Å². The van der Waals surface area contributed by atoms with Crippen LogP contribution in [0, 0.1) is 0 Å². The number of hydrogen-bond acceptors (Lipinski definition) is 6. The number of carbonyl (C=O) groups is 3. The second-order valence-corrected chi connectivity index (χ2v) is 3.57. The van der Waals surface area contributed by atoms with Crippen molar-refractivity contribution in [2.75, 3.05) is 7.11 Å². The smallest absolute Gasteiger partial charge is 0.326 e. The molecule has 8 nitrogen and oxygen atoms in total. The Labute approximate surface area is 108 Å². The number of esters is 1. The minimum Gasteiger partial charge on any atom is -0.480 e. The number of nitrogens with zero attached hydrogens (tertiary/aromatic N) is 2. The van der Waals surface area contributed by atoms with Gasteiger partial charge in [-0.15, -0.1) is 0 Å². The maximum absolute atomic E-state index is 11.7. The number of carbonyl (C=O) groups excluding carboxylic acids is 2. The van der Waals surface area contributed by atoms with Gasteiger partial charge in [0.2, 0.25) is 0 Å². The van der Waals surface area contributed by atoms with Gasteiger partial charge in [-0.05, 0) is 6.42 Å². The molecule has 0 bridgehead atoms. The van der Waals surface area contributed by atoms with Crippen molar-refractivity contribution in [2.24, 2.45) is 0 Å². The van der Waals surface area contributed by atoms with Crippen molar-refractivity contribution in [3.63, 3.8) is 0 Å². The molecule has 1 atom stereocenters. The van der Waals surface area contributed by atoms with Crippen LogP contribution in [-0.2, 0) is 14.3 Å². The van der Waals surface area contributed by atoms with Crippen molar-refractivity contribution in [1.82, 2.24) is 15.3 Å². The zero-order valence-corrected chi connectivity index (χ0v) is 10.2. The van der Waals surface area contributed by atoms with Gasteiger partial charge in [0.15, 0.2) is 0 Å². The van der Waals surface area contributed by atoms with Gasteiger partial charge in [-0.1, -0.05) is 0 Å². The predicted molar refractivity (Wildman–Crippen MR) is 62.2 cm³/mol. The largest absolute Gasteiger partial charge is 0.480 e. The van der Waals surface area contributed by atoms with Gasteiger partial charge in [-0.2, -0.15) is 0 Å². The molecule has 102 valence electrons. The molecular formula is C11H13N3O5. The van der Waals surface area contributed by atoms with Crippen LogP contribution in [0.3, 0.4) is 0 Å². The highest BCUT2D eigenvalue weighted by molar-refractivity contribution is 5.94. The van der Waals surface area contributed by atoms with Crippen molar-refractivity contribution in [2.45, 2.75) is 18.9 Å². The van der Waals surface area contributed by atoms with E-state index in [4.69, 9.17) is 5.11 Å².